The quantitative estimate of drug-likeness (QED) is 0.113. The van der Waals surface area contributed by atoms with Crippen LogP contribution in [0.4, 0.5) is 11.6 Å². The van der Waals surface area contributed by atoms with Crippen LogP contribution in [0.25, 0.3) is 43.5 Å². The average molecular weight is 815 g/mol. The number of likely N-dealkylation sites (N-methyl/N-ethyl adjacent to an activating group) is 1. The molecule has 2 fully saturated rings. The van der Waals surface area contributed by atoms with Crippen LogP contribution in [0.2, 0.25) is 0 Å². The summed E-state index contributed by atoms with van der Waals surface area (Å²) in [5, 5.41) is 61.5. The molecule has 304 valence electrons. The minimum Gasteiger partial charge on any atom is -0.507 e. The molecule has 0 bridgehead atoms. The fourth-order valence-corrected chi connectivity index (χ4v) is 9.00. The number of hydrogen-bond donors (Lipinski definition) is 4. The van der Waals surface area contributed by atoms with E-state index in [1.165, 1.54) is 17.6 Å². The highest BCUT2D eigenvalue weighted by Crippen LogP contribution is 2.39. The monoisotopic (exact) mass is 814 g/mol. The molecule has 2 aliphatic heterocycles. The van der Waals surface area contributed by atoms with E-state index >= 15 is 0 Å². The van der Waals surface area contributed by atoms with Crippen LogP contribution in [-0.4, -0.2) is 119 Å². The molecule has 0 radical (unpaired) electrons. The normalized spacial score (nSPS) is 17.5. The lowest BCUT2D eigenvalue weighted by Crippen LogP contribution is -2.44. The van der Waals surface area contributed by atoms with E-state index in [9.17, 15) is 15.6 Å². The highest BCUT2D eigenvalue weighted by atomic mass is 32.1. The molecule has 16 nitrogen and oxygen atoms in total. The first kappa shape index (κ1) is 39.9. The number of anilines is 2. The summed E-state index contributed by atoms with van der Waals surface area (Å²) in [7, 11) is 5.70. The highest BCUT2D eigenvalue weighted by Gasteiger charge is 2.29. The van der Waals surface area contributed by atoms with E-state index < -0.39 is 0 Å². The van der Waals surface area contributed by atoms with Crippen molar-refractivity contribution in [2.24, 2.45) is 7.05 Å². The van der Waals surface area contributed by atoms with Crippen molar-refractivity contribution in [3.05, 3.63) is 66.0 Å². The number of rotatable bonds is 14. The molecule has 0 unspecified atom stereocenters. The summed E-state index contributed by atoms with van der Waals surface area (Å²) in [5.41, 5.74) is 3.83. The molecule has 0 saturated carbocycles. The number of hydrogen-bond acceptors (Lipinski definition) is 15. The number of phenolic OH excluding ortho intramolecular Hbond substituents is 1. The van der Waals surface area contributed by atoms with Crippen molar-refractivity contribution in [3.8, 4) is 46.2 Å². The average Bonchev–Trinajstić information content (AvgIpc) is 3.87. The molecule has 0 aliphatic carbocycles. The fraction of sp³-hybridized carbons (Fsp3) is 0.405. The Morgan fingerprint density at radius 1 is 0.864 bits per heavy atom. The lowest BCUT2D eigenvalue weighted by Gasteiger charge is -2.33. The number of fused-ring (bicyclic) bond motifs is 2. The van der Waals surface area contributed by atoms with Gasteiger partial charge < -0.3 is 35.3 Å². The first-order valence-corrected chi connectivity index (χ1v) is 20.7. The maximum absolute atomic E-state index is 11.0. The maximum Gasteiger partial charge on any atom is 0.251 e. The van der Waals surface area contributed by atoms with Crippen molar-refractivity contribution in [3.63, 3.8) is 0 Å². The topological polar surface area (TPSA) is 189 Å². The summed E-state index contributed by atoms with van der Waals surface area (Å²) in [4.78, 5) is 11.5. The lowest BCUT2D eigenvalue weighted by molar-refractivity contribution is -0.819. The number of piperidine rings is 2. The zero-order chi connectivity index (χ0) is 40.9. The van der Waals surface area contributed by atoms with Gasteiger partial charge in [-0.05, 0) is 82.2 Å². The first-order valence-electron chi connectivity index (χ1n) is 20.0. The summed E-state index contributed by atoms with van der Waals surface area (Å²) >= 11 is 1.32. The van der Waals surface area contributed by atoms with Crippen molar-refractivity contribution in [1.29, 1.82) is 10.5 Å². The van der Waals surface area contributed by atoms with Gasteiger partial charge in [0.1, 0.15) is 22.5 Å². The van der Waals surface area contributed by atoms with Crippen molar-refractivity contribution in [1.82, 2.24) is 40.1 Å². The van der Waals surface area contributed by atoms with Crippen LogP contribution in [0.15, 0.2) is 54.9 Å². The van der Waals surface area contributed by atoms with Crippen LogP contribution in [0, 0.1) is 22.7 Å². The molecule has 2 aliphatic rings. The summed E-state index contributed by atoms with van der Waals surface area (Å²) in [6, 6.07) is 16.8. The molecule has 6 heterocycles. The third-order valence-electron chi connectivity index (χ3n) is 11.1. The fourth-order valence-electron chi connectivity index (χ4n) is 8.11. The highest BCUT2D eigenvalue weighted by molar-refractivity contribution is 7.10. The molecule has 2 saturated heterocycles. The maximum atomic E-state index is 11.0. The van der Waals surface area contributed by atoms with Crippen LogP contribution < -0.4 is 24.9 Å². The SMILES string of the molecule is CNCCN1CCC[C@@H](Nc2nnc(-c3ccc(C#N)cc3O[n+]3cc4c(-c5ccc(C#N)cc5O)nnc(N[C@@H]5CCCN(CCOC)C5)c4s3)c3ccn(C)c23)C1. The van der Waals surface area contributed by atoms with Crippen molar-refractivity contribution < 1.29 is 18.8 Å². The van der Waals surface area contributed by atoms with E-state index in [4.69, 9.17) is 19.8 Å². The standard InChI is InChI=1S/C42H47N13O3S/c1-45-13-17-53-14-4-6-29(24-53)46-41-39-33(12-16-52(39)2)38(49-50-41)32-11-9-28(23-44)21-36(32)58-55-26-34-37(31-10-8-27(22-43)20-35(31)56)48-51-42(40(34)59-55)47-30-7-5-15-54(25-30)18-19-57-3/h8-12,16,20-21,26,29-30,45,47H,4-7,13-15,17-19,24-25H2,1-3H3,(H,46,50)/p+1/t29-,30-/m1/s1. The molecule has 0 amide bonds. The minimum atomic E-state index is -0.0814. The van der Waals surface area contributed by atoms with Gasteiger partial charge in [-0.2, -0.15) is 10.5 Å². The predicted octanol–water partition coefficient (Wildman–Crippen LogP) is 4.50. The van der Waals surface area contributed by atoms with E-state index in [0.29, 0.717) is 57.2 Å². The molecule has 4 aromatic heterocycles. The van der Waals surface area contributed by atoms with Gasteiger partial charge in [-0.15, -0.1) is 20.4 Å². The Morgan fingerprint density at radius 2 is 1.53 bits per heavy atom. The molecule has 17 heteroatoms. The number of likely N-dealkylation sites (tertiary alicyclic amines) is 2. The molecular formula is C42H48N13O3S+. The van der Waals surface area contributed by atoms with Gasteiger partial charge in [0.25, 0.3) is 6.20 Å². The van der Waals surface area contributed by atoms with E-state index in [2.05, 4.69) is 52.7 Å². The molecular weight excluding hydrogens is 767 g/mol. The van der Waals surface area contributed by atoms with Crippen LogP contribution >= 0.6 is 11.5 Å². The van der Waals surface area contributed by atoms with Crippen LogP contribution in [0.3, 0.4) is 0 Å². The third kappa shape index (κ3) is 8.61. The van der Waals surface area contributed by atoms with Gasteiger partial charge in [0.2, 0.25) is 17.3 Å². The summed E-state index contributed by atoms with van der Waals surface area (Å²) in [6.45, 7) is 7.30. The van der Waals surface area contributed by atoms with Crippen molar-refractivity contribution in [2.75, 3.05) is 77.2 Å². The summed E-state index contributed by atoms with van der Waals surface area (Å²) in [6.07, 6.45) is 7.97. The summed E-state index contributed by atoms with van der Waals surface area (Å²) < 4.78 is 9.77. The van der Waals surface area contributed by atoms with Crippen molar-refractivity contribution in [2.45, 2.75) is 37.8 Å². The Balaban J connectivity index is 1.16. The lowest BCUT2D eigenvalue weighted by atomic mass is 10.0. The molecule has 8 rings (SSSR count). The van der Waals surface area contributed by atoms with Gasteiger partial charge in [0, 0.05) is 82.2 Å². The van der Waals surface area contributed by atoms with Crippen LogP contribution in [0.1, 0.15) is 36.8 Å². The third-order valence-corrected chi connectivity index (χ3v) is 12.1. The van der Waals surface area contributed by atoms with Gasteiger partial charge in [-0.25, -0.2) is 4.84 Å². The van der Waals surface area contributed by atoms with Gasteiger partial charge in [0.15, 0.2) is 16.3 Å². The Kier molecular flexibility index (Phi) is 12.1. The predicted molar refractivity (Wildman–Crippen MR) is 226 cm³/mol. The second-order valence-corrected chi connectivity index (χ2v) is 16.1. The molecule has 4 N–H and O–H groups in total. The molecule has 6 aromatic rings. The van der Waals surface area contributed by atoms with Crippen molar-refractivity contribution >= 4 is 44.2 Å². The zero-order valence-electron chi connectivity index (χ0n) is 33.5. The smallest absolute Gasteiger partial charge is 0.251 e. The second-order valence-electron chi connectivity index (χ2n) is 15.2. The van der Waals surface area contributed by atoms with Gasteiger partial charge in [0.05, 0.1) is 45.1 Å². The van der Waals surface area contributed by atoms with E-state index in [1.807, 2.05) is 38.6 Å². The number of phenols is 1. The van der Waals surface area contributed by atoms with Gasteiger partial charge in [-0.1, -0.05) is 0 Å². The van der Waals surface area contributed by atoms with E-state index in [-0.39, 0.29) is 17.8 Å². The van der Waals surface area contributed by atoms with E-state index in [1.54, 1.807) is 35.5 Å². The van der Waals surface area contributed by atoms with Gasteiger partial charge >= 0.3 is 0 Å². The second kappa shape index (κ2) is 17.9. The number of ether oxygens (including phenoxy) is 1. The number of nitrogens with zero attached hydrogens (tertiary/aromatic N) is 10. The number of aromatic nitrogens is 6. The van der Waals surface area contributed by atoms with Crippen LogP contribution in [-0.2, 0) is 11.8 Å². The molecule has 59 heavy (non-hydrogen) atoms. The Labute approximate surface area is 346 Å². The Bertz CT molecular complexity index is 2540. The number of benzene rings is 2. The molecule has 0 spiro atoms. The Hall–Kier alpha value is -5.95. The van der Waals surface area contributed by atoms with Gasteiger partial charge in [-0.3, -0.25) is 4.90 Å². The summed E-state index contributed by atoms with van der Waals surface area (Å²) in [5.74, 6) is 1.65. The number of methoxy groups -OCH3 is 1. The Morgan fingerprint density at radius 3 is 2.22 bits per heavy atom. The number of aromatic hydroxyl groups is 1. The first-order chi connectivity index (χ1) is 28.8. The number of nitrogens with one attached hydrogen (secondary N) is 3. The number of nitriles is 2. The van der Waals surface area contributed by atoms with Crippen LogP contribution in [0.5, 0.6) is 11.5 Å². The van der Waals surface area contributed by atoms with E-state index in [0.717, 1.165) is 92.9 Å². The number of aryl methyl sites for hydroxylation is 1. The molecule has 2 atom stereocenters. The largest absolute Gasteiger partial charge is 0.507 e. The minimum absolute atomic E-state index is 0.0814. The molecule has 2 aromatic carbocycles. The zero-order valence-corrected chi connectivity index (χ0v) is 34.3.